The first-order valence-corrected chi connectivity index (χ1v) is 7.28. The molecule has 7 heteroatoms. The van der Waals surface area contributed by atoms with Crippen molar-refractivity contribution in [3.63, 3.8) is 0 Å². The van der Waals surface area contributed by atoms with Gasteiger partial charge in [-0.15, -0.1) is 11.3 Å². The standard InChI is InChI=1S/C12H20N4O2S/c1-16(6-9-2-4-18-5-3-9)7-10-8-19-12(14-10)11(17)15-13/h8-9H,2-7,13H2,1H3,(H,15,17). The van der Waals surface area contributed by atoms with E-state index in [0.717, 1.165) is 44.8 Å². The van der Waals surface area contributed by atoms with Crippen molar-refractivity contribution in [2.75, 3.05) is 26.8 Å². The van der Waals surface area contributed by atoms with Crippen LogP contribution in [0.5, 0.6) is 0 Å². The van der Waals surface area contributed by atoms with Gasteiger partial charge < -0.3 is 9.64 Å². The maximum Gasteiger partial charge on any atom is 0.294 e. The molecule has 1 saturated heterocycles. The van der Waals surface area contributed by atoms with Crippen LogP contribution in [0.15, 0.2) is 5.38 Å². The molecule has 106 valence electrons. The lowest BCUT2D eigenvalue weighted by Crippen LogP contribution is -2.30. The number of carbonyl (C=O) groups is 1. The van der Waals surface area contributed by atoms with Crippen LogP contribution in [0.25, 0.3) is 0 Å². The molecule has 6 nitrogen and oxygen atoms in total. The molecule has 3 N–H and O–H groups in total. The Morgan fingerprint density at radius 2 is 2.37 bits per heavy atom. The van der Waals surface area contributed by atoms with E-state index in [2.05, 4.69) is 22.4 Å². The smallest absolute Gasteiger partial charge is 0.294 e. The molecular weight excluding hydrogens is 264 g/mol. The van der Waals surface area contributed by atoms with Crippen molar-refractivity contribution >= 4 is 17.2 Å². The number of nitrogens with zero attached hydrogens (tertiary/aromatic N) is 2. The fourth-order valence-corrected chi connectivity index (χ4v) is 2.97. The van der Waals surface area contributed by atoms with E-state index in [-0.39, 0.29) is 5.91 Å². The van der Waals surface area contributed by atoms with E-state index < -0.39 is 0 Å². The van der Waals surface area contributed by atoms with Gasteiger partial charge >= 0.3 is 0 Å². The van der Waals surface area contributed by atoms with Gasteiger partial charge in [-0.1, -0.05) is 0 Å². The van der Waals surface area contributed by atoms with Crippen LogP contribution in [0.2, 0.25) is 0 Å². The van der Waals surface area contributed by atoms with Crippen molar-refractivity contribution in [1.82, 2.24) is 15.3 Å². The third-order valence-corrected chi connectivity index (χ3v) is 4.11. The number of nitrogens with two attached hydrogens (primary N) is 1. The number of thiazole rings is 1. The maximum absolute atomic E-state index is 11.3. The lowest BCUT2D eigenvalue weighted by atomic mass is 10.00. The van der Waals surface area contributed by atoms with Crippen LogP contribution < -0.4 is 11.3 Å². The highest BCUT2D eigenvalue weighted by Crippen LogP contribution is 2.17. The molecule has 1 aliphatic heterocycles. The van der Waals surface area contributed by atoms with Crippen LogP contribution in [-0.2, 0) is 11.3 Å². The van der Waals surface area contributed by atoms with Crippen molar-refractivity contribution in [2.24, 2.45) is 11.8 Å². The van der Waals surface area contributed by atoms with E-state index in [1.165, 1.54) is 11.3 Å². The van der Waals surface area contributed by atoms with E-state index in [1.54, 1.807) is 0 Å². The summed E-state index contributed by atoms with van der Waals surface area (Å²) in [5.41, 5.74) is 3.01. The number of carbonyl (C=O) groups excluding carboxylic acids is 1. The van der Waals surface area contributed by atoms with Crippen LogP contribution in [0, 0.1) is 5.92 Å². The molecule has 1 aliphatic rings. The molecule has 0 radical (unpaired) electrons. The Kier molecular flexibility index (Phi) is 5.26. The minimum absolute atomic E-state index is 0.330. The van der Waals surface area contributed by atoms with E-state index >= 15 is 0 Å². The molecule has 0 unspecified atom stereocenters. The van der Waals surface area contributed by atoms with E-state index in [1.807, 2.05) is 5.38 Å². The summed E-state index contributed by atoms with van der Waals surface area (Å²) in [5.74, 6) is 5.45. The average Bonchev–Trinajstić information content (AvgIpc) is 2.87. The SMILES string of the molecule is CN(Cc1csc(C(=O)NN)n1)CC1CCOCC1. The Labute approximate surface area is 116 Å². The highest BCUT2D eigenvalue weighted by Gasteiger charge is 2.17. The van der Waals surface area contributed by atoms with Crippen LogP contribution in [0.3, 0.4) is 0 Å². The van der Waals surface area contributed by atoms with E-state index in [0.29, 0.717) is 10.9 Å². The number of hydrogen-bond donors (Lipinski definition) is 2. The Hall–Kier alpha value is -1.02. The predicted molar refractivity (Wildman–Crippen MR) is 73.6 cm³/mol. The molecule has 2 heterocycles. The summed E-state index contributed by atoms with van der Waals surface area (Å²) in [6.45, 7) is 3.54. The number of nitrogens with one attached hydrogen (secondary N) is 1. The van der Waals surface area contributed by atoms with Gasteiger partial charge in [0.1, 0.15) is 0 Å². The summed E-state index contributed by atoms with van der Waals surface area (Å²) in [7, 11) is 2.08. The zero-order valence-electron chi connectivity index (χ0n) is 11.1. The lowest BCUT2D eigenvalue weighted by Gasteiger charge is -2.26. The quantitative estimate of drug-likeness (QED) is 0.470. The van der Waals surface area contributed by atoms with Crippen molar-refractivity contribution < 1.29 is 9.53 Å². The van der Waals surface area contributed by atoms with Crippen molar-refractivity contribution in [1.29, 1.82) is 0 Å². The largest absolute Gasteiger partial charge is 0.381 e. The minimum Gasteiger partial charge on any atom is -0.381 e. The molecule has 0 saturated carbocycles. The van der Waals surface area contributed by atoms with Gasteiger partial charge in [0.05, 0.1) is 5.69 Å². The number of hydrazine groups is 1. The molecular formula is C12H20N4O2S. The number of aromatic nitrogens is 1. The molecule has 19 heavy (non-hydrogen) atoms. The van der Waals surface area contributed by atoms with Gasteiger partial charge in [-0.2, -0.15) is 0 Å². The monoisotopic (exact) mass is 284 g/mol. The van der Waals surface area contributed by atoms with Gasteiger partial charge in [-0.25, -0.2) is 10.8 Å². The zero-order valence-corrected chi connectivity index (χ0v) is 11.9. The van der Waals surface area contributed by atoms with Crippen LogP contribution in [0.4, 0.5) is 0 Å². The number of nitrogen functional groups attached to an aromatic ring is 1. The first-order chi connectivity index (χ1) is 9.19. The molecule has 0 atom stereocenters. The summed E-state index contributed by atoms with van der Waals surface area (Å²) >= 11 is 1.32. The van der Waals surface area contributed by atoms with Gasteiger partial charge in [0, 0.05) is 31.7 Å². The average molecular weight is 284 g/mol. The summed E-state index contributed by atoms with van der Waals surface area (Å²) in [6, 6.07) is 0. The lowest BCUT2D eigenvalue weighted by molar-refractivity contribution is 0.0548. The Bertz CT molecular complexity index is 418. The minimum atomic E-state index is -0.330. The second-order valence-corrected chi connectivity index (χ2v) is 5.73. The topological polar surface area (TPSA) is 80.5 Å². The summed E-state index contributed by atoms with van der Waals surface area (Å²) in [5, 5.41) is 2.32. The van der Waals surface area contributed by atoms with Crippen molar-refractivity contribution in [3.05, 3.63) is 16.1 Å². The van der Waals surface area contributed by atoms with Gasteiger partial charge in [-0.05, 0) is 25.8 Å². The Morgan fingerprint density at radius 1 is 1.63 bits per heavy atom. The summed E-state index contributed by atoms with van der Waals surface area (Å²) in [6.07, 6.45) is 2.25. The number of amides is 1. The highest BCUT2D eigenvalue weighted by molar-refractivity contribution is 7.11. The first kappa shape index (κ1) is 14.4. The Balaban J connectivity index is 1.82. The number of rotatable bonds is 5. The van der Waals surface area contributed by atoms with Crippen LogP contribution in [-0.4, -0.2) is 42.6 Å². The van der Waals surface area contributed by atoms with Crippen molar-refractivity contribution in [3.8, 4) is 0 Å². The van der Waals surface area contributed by atoms with Gasteiger partial charge in [0.2, 0.25) is 0 Å². The molecule has 1 fully saturated rings. The van der Waals surface area contributed by atoms with Gasteiger partial charge in [0.25, 0.3) is 5.91 Å². The van der Waals surface area contributed by atoms with E-state index in [4.69, 9.17) is 10.6 Å². The molecule has 1 aromatic heterocycles. The molecule has 0 aliphatic carbocycles. The molecule has 0 bridgehead atoms. The third-order valence-electron chi connectivity index (χ3n) is 3.22. The molecule has 1 aromatic rings. The summed E-state index contributed by atoms with van der Waals surface area (Å²) < 4.78 is 5.36. The second kappa shape index (κ2) is 6.95. The number of hydrogen-bond acceptors (Lipinski definition) is 6. The molecule has 0 aromatic carbocycles. The van der Waals surface area contributed by atoms with Gasteiger partial charge in [-0.3, -0.25) is 10.2 Å². The molecule has 2 rings (SSSR count). The third kappa shape index (κ3) is 4.24. The molecule has 0 spiro atoms. The van der Waals surface area contributed by atoms with Crippen LogP contribution in [0.1, 0.15) is 28.3 Å². The van der Waals surface area contributed by atoms with Crippen LogP contribution >= 0.6 is 11.3 Å². The van der Waals surface area contributed by atoms with Gasteiger partial charge in [0.15, 0.2) is 5.01 Å². The molecule has 1 amide bonds. The fourth-order valence-electron chi connectivity index (χ4n) is 2.26. The first-order valence-electron chi connectivity index (χ1n) is 6.40. The summed E-state index contributed by atoms with van der Waals surface area (Å²) in [4.78, 5) is 17.8. The zero-order chi connectivity index (χ0) is 13.7. The fraction of sp³-hybridized carbons (Fsp3) is 0.667. The van der Waals surface area contributed by atoms with E-state index in [9.17, 15) is 4.79 Å². The number of ether oxygens (including phenoxy) is 1. The second-order valence-electron chi connectivity index (χ2n) is 4.87. The Morgan fingerprint density at radius 3 is 3.05 bits per heavy atom. The van der Waals surface area contributed by atoms with Crippen molar-refractivity contribution in [2.45, 2.75) is 19.4 Å². The highest BCUT2D eigenvalue weighted by atomic mass is 32.1. The normalized spacial score (nSPS) is 16.8. The maximum atomic E-state index is 11.3. The predicted octanol–water partition coefficient (Wildman–Crippen LogP) is 0.605.